The third-order valence-corrected chi connectivity index (χ3v) is 5.63. The average Bonchev–Trinajstić information content (AvgIpc) is 2.65. The van der Waals surface area contributed by atoms with E-state index in [2.05, 4.69) is 13.8 Å². The Bertz CT molecular complexity index is 381. The van der Waals surface area contributed by atoms with Gasteiger partial charge < -0.3 is 10.2 Å². The topological polar surface area (TPSA) is 74.6 Å². The molecule has 0 amide bonds. The van der Waals surface area contributed by atoms with Crippen LogP contribution in [0, 0.1) is 5.92 Å². The zero-order valence-electron chi connectivity index (χ0n) is 18.6. The molecule has 0 saturated carbocycles. The summed E-state index contributed by atoms with van der Waals surface area (Å²) in [5, 5.41) is 19.6. The number of aliphatic hydroxyl groups is 1. The number of Topliss-reactive ketones (excluding diaryl/α,β-unsaturated/α-hetero) is 1. The number of carbonyl (C=O) groups is 2. The van der Waals surface area contributed by atoms with Crippen LogP contribution in [0.3, 0.4) is 0 Å². The second-order valence-corrected chi connectivity index (χ2v) is 8.34. The normalized spacial score (nSPS) is 13.4. The van der Waals surface area contributed by atoms with Gasteiger partial charge in [0.2, 0.25) is 0 Å². The summed E-state index contributed by atoms with van der Waals surface area (Å²) in [6, 6.07) is 0. The predicted molar refractivity (Wildman–Crippen MR) is 117 cm³/mol. The third-order valence-electron chi connectivity index (χ3n) is 5.63. The predicted octanol–water partition coefficient (Wildman–Crippen LogP) is 6.68. The van der Waals surface area contributed by atoms with Gasteiger partial charge in [-0.25, -0.2) is 0 Å². The Balaban J connectivity index is 3.90. The lowest BCUT2D eigenvalue weighted by molar-refractivity contribution is -0.151. The number of hydrogen-bond donors (Lipinski definition) is 2. The van der Waals surface area contributed by atoms with Crippen molar-refractivity contribution in [3.05, 3.63) is 0 Å². The Morgan fingerprint density at radius 3 is 1.46 bits per heavy atom. The SMILES string of the molecule is CCCCCCCCCCCC(O)C(C(=O)O)C(=O)CCCCCCCCC. The van der Waals surface area contributed by atoms with E-state index in [4.69, 9.17) is 0 Å². The van der Waals surface area contributed by atoms with E-state index < -0.39 is 18.0 Å². The second kappa shape index (κ2) is 19.4. The van der Waals surface area contributed by atoms with E-state index in [9.17, 15) is 19.8 Å². The summed E-state index contributed by atoms with van der Waals surface area (Å²) in [4.78, 5) is 23.7. The number of ketones is 1. The van der Waals surface area contributed by atoms with Crippen LogP contribution >= 0.6 is 0 Å². The highest BCUT2D eigenvalue weighted by Crippen LogP contribution is 2.18. The minimum atomic E-state index is -1.24. The molecule has 2 N–H and O–H groups in total. The molecule has 2 unspecified atom stereocenters. The van der Waals surface area contributed by atoms with E-state index in [0.717, 1.165) is 38.5 Å². The van der Waals surface area contributed by atoms with Crippen LogP contribution in [0.15, 0.2) is 0 Å². The molecule has 4 heteroatoms. The highest BCUT2D eigenvalue weighted by Gasteiger charge is 2.32. The fraction of sp³-hybridized carbons (Fsp3) is 0.917. The molecular formula is C24H46O4. The summed E-state index contributed by atoms with van der Waals surface area (Å²) < 4.78 is 0. The van der Waals surface area contributed by atoms with Gasteiger partial charge in [0, 0.05) is 6.42 Å². The van der Waals surface area contributed by atoms with Gasteiger partial charge in [-0.2, -0.15) is 0 Å². The number of carboxylic acids is 1. The molecule has 0 aliphatic heterocycles. The first kappa shape index (κ1) is 27.1. The highest BCUT2D eigenvalue weighted by molar-refractivity contribution is 5.98. The van der Waals surface area contributed by atoms with Gasteiger partial charge in [0.1, 0.15) is 11.7 Å². The monoisotopic (exact) mass is 398 g/mol. The molecule has 0 radical (unpaired) electrons. The molecule has 0 bridgehead atoms. The first-order valence-electron chi connectivity index (χ1n) is 12.0. The molecular weight excluding hydrogens is 352 g/mol. The molecule has 0 aromatic carbocycles. The number of aliphatic hydroxyl groups excluding tert-OH is 1. The van der Waals surface area contributed by atoms with Crippen LogP contribution in [-0.4, -0.2) is 28.1 Å². The van der Waals surface area contributed by atoms with Crippen molar-refractivity contribution in [1.29, 1.82) is 0 Å². The van der Waals surface area contributed by atoms with E-state index in [1.807, 2.05) is 0 Å². The van der Waals surface area contributed by atoms with Crippen LogP contribution in [0.4, 0.5) is 0 Å². The van der Waals surface area contributed by atoms with Crippen LogP contribution in [0.1, 0.15) is 129 Å². The molecule has 0 heterocycles. The van der Waals surface area contributed by atoms with Gasteiger partial charge in [0.15, 0.2) is 0 Å². The van der Waals surface area contributed by atoms with E-state index in [0.29, 0.717) is 6.42 Å². The number of carboxylic acid groups (broad SMARTS) is 1. The summed E-state index contributed by atoms with van der Waals surface area (Å²) >= 11 is 0. The molecule has 166 valence electrons. The average molecular weight is 399 g/mol. The lowest BCUT2D eigenvalue weighted by Gasteiger charge is -2.18. The van der Waals surface area contributed by atoms with Crippen molar-refractivity contribution in [3.8, 4) is 0 Å². The maximum absolute atomic E-state index is 12.3. The summed E-state index contributed by atoms with van der Waals surface area (Å²) in [6.45, 7) is 4.40. The van der Waals surface area contributed by atoms with Crippen LogP contribution in [0.5, 0.6) is 0 Å². The first-order chi connectivity index (χ1) is 13.5. The highest BCUT2D eigenvalue weighted by atomic mass is 16.4. The number of carbonyl (C=O) groups excluding carboxylic acids is 1. The van der Waals surface area contributed by atoms with E-state index >= 15 is 0 Å². The third kappa shape index (κ3) is 15.1. The number of aliphatic carboxylic acids is 1. The lowest BCUT2D eigenvalue weighted by Crippen LogP contribution is -2.35. The molecule has 0 spiro atoms. The fourth-order valence-electron chi connectivity index (χ4n) is 3.76. The Morgan fingerprint density at radius 2 is 1.04 bits per heavy atom. The molecule has 0 aromatic heterocycles. The molecule has 28 heavy (non-hydrogen) atoms. The number of unbranched alkanes of at least 4 members (excludes halogenated alkanes) is 14. The minimum Gasteiger partial charge on any atom is -0.481 e. The maximum atomic E-state index is 12.3. The van der Waals surface area contributed by atoms with Gasteiger partial charge in [-0.15, -0.1) is 0 Å². The molecule has 4 nitrogen and oxygen atoms in total. The van der Waals surface area contributed by atoms with Crippen molar-refractivity contribution >= 4 is 11.8 Å². The Morgan fingerprint density at radius 1 is 0.643 bits per heavy atom. The lowest BCUT2D eigenvalue weighted by atomic mass is 9.90. The quantitative estimate of drug-likeness (QED) is 0.167. The van der Waals surface area contributed by atoms with E-state index in [1.165, 1.54) is 64.2 Å². The Labute approximate surface area is 173 Å². The number of rotatable bonds is 21. The molecule has 0 rings (SSSR count). The Kier molecular flexibility index (Phi) is 18.8. The maximum Gasteiger partial charge on any atom is 0.316 e. The summed E-state index contributed by atoms with van der Waals surface area (Å²) in [5.74, 6) is -2.71. The second-order valence-electron chi connectivity index (χ2n) is 8.34. The smallest absolute Gasteiger partial charge is 0.316 e. The van der Waals surface area contributed by atoms with Crippen LogP contribution < -0.4 is 0 Å². The zero-order chi connectivity index (χ0) is 21.0. The van der Waals surface area contributed by atoms with Gasteiger partial charge in [-0.05, 0) is 12.8 Å². The van der Waals surface area contributed by atoms with Crippen molar-refractivity contribution < 1.29 is 19.8 Å². The van der Waals surface area contributed by atoms with E-state index in [1.54, 1.807) is 0 Å². The Hall–Kier alpha value is -0.900. The van der Waals surface area contributed by atoms with Crippen LogP contribution in [-0.2, 0) is 9.59 Å². The summed E-state index contributed by atoms with van der Waals surface area (Å²) in [5.41, 5.74) is 0. The first-order valence-corrected chi connectivity index (χ1v) is 12.0. The molecule has 0 aliphatic rings. The van der Waals surface area contributed by atoms with Gasteiger partial charge in [0.05, 0.1) is 6.10 Å². The number of hydrogen-bond acceptors (Lipinski definition) is 3. The fourth-order valence-corrected chi connectivity index (χ4v) is 3.76. The van der Waals surface area contributed by atoms with Gasteiger partial charge in [-0.1, -0.05) is 110 Å². The minimum absolute atomic E-state index is 0.277. The van der Waals surface area contributed by atoms with Crippen molar-refractivity contribution in [3.63, 3.8) is 0 Å². The zero-order valence-corrected chi connectivity index (χ0v) is 18.6. The van der Waals surface area contributed by atoms with Crippen LogP contribution in [0.2, 0.25) is 0 Å². The molecule has 0 fully saturated rings. The standard InChI is InChI=1S/C24H46O4/c1-3-5-7-9-11-12-14-16-18-20-22(26)23(24(27)28)21(25)19-17-15-13-10-8-6-4-2/h22-23,26H,3-20H2,1-2H3,(H,27,28). The molecule has 0 aliphatic carbocycles. The van der Waals surface area contributed by atoms with E-state index in [-0.39, 0.29) is 12.2 Å². The molecule has 0 saturated heterocycles. The molecule has 0 aromatic rings. The summed E-state index contributed by atoms with van der Waals surface area (Å²) in [6.07, 6.45) is 17.9. The van der Waals surface area contributed by atoms with Crippen molar-refractivity contribution in [2.75, 3.05) is 0 Å². The largest absolute Gasteiger partial charge is 0.481 e. The van der Waals surface area contributed by atoms with Gasteiger partial charge >= 0.3 is 5.97 Å². The van der Waals surface area contributed by atoms with Crippen molar-refractivity contribution in [2.45, 2.75) is 136 Å². The molecule has 2 atom stereocenters. The van der Waals surface area contributed by atoms with Gasteiger partial charge in [-0.3, -0.25) is 9.59 Å². The van der Waals surface area contributed by atoms with Gasteiger partial charge in [0.25, 0.3) is 0 Å². The van der Waals surface area contributed by atoms with Crippen LogP contribution in [0.25, 0.3) is 0 Å². The van der Waals surface area contributed by atoms with Crippen molar-refractivity contribution in [2.24, 2.45) is 5.92 Å². The summed E-state index contributed by atoms with van der Waals surface area (Å²) in [7, 11) is 0. The van der Waals surface area contributed by atoms with Crippen molar-refractivity contribution in [1.82, 2.24) is 0 Å².